The van der Waals surface area contributed by atoms with Crippen LogP contribution in [0.1, 0.15) is 18.4 Å². The zero-order valence-electron chi connectivity index (χ0n) is 12.1. The average molecular weight is 336 g/mol. The minimum atomic E-state index is -3.47. The molecular formula is C17H18ClNO2S. The van der Waals surface area contributed by atoms with Crippen molar-refractivity contribution in [3.05, 3.63) is 65.2 Å². The number of rotatable bonds is 6. The van der Waals surface area contributed by atoms with Gasteiger partial charge in [0, 0.05) is 11.6 Å². The maximum Gasteiger partial charge on any atom is 0.240 e. The molecule has 0 amide bonds. The summed E-state index contributed by atoms with van der Waals surface area (Å²) < 4.78 is 27.4. The minimum Gasteiger partial charge on any atom is -0.211 e. The highest BCUT2D eigenvalue weighted by Crippen LogP contribution is 2.48. The molecule has 116 valence electrons. The van der Waals surface area contributed by atoms with Gasteiger partial charge in [0.2, 0.25) is 10.0 Å². The van der Waals surface area contributed by atoms with E-state index in [-0.39, 0.29) is 10.3 Å². The van der Waals surface area contributed by atoms with Gasteiger partial charge in [0.25, 0.3) is 0 Å². The van der Waals surface area contributed by atoms with Gasteiger partial charge < -0.3 is 0 Å². The van der Waals surface area contributed by atoms with Crippen molar-refractivity contribution >= 4 is 21.6 Å². The first-order chi connectivity index (χ1) is 10.5. The first kappa shape index (κ1) is 15.5. The Morgan fingerprint density at radius 1 is 1.00 bits per heavy atom. The zero-order valence-corrected chi connectivity index (χ0v) is 13.7. The lowest BCUT2D eigenvalue weighted by Gasteiger charge is -2.16. The summed E-state index contributed by atoms with van der Waals surface area (Å²) in [6, 6.07) is 16.4. The fourth-order valence-electron chi connectivity index (χ4n) is 2.57. The van der Waals surface area contributed by atoms with Gasteiger partial charge in [-0.2, -0.15) is 0 Å². The molecule has 1 saturated carbocycles. The van der Waals surface area contributed by atoms with Gasteiger partial charge in [-0.3, -0.25) is 0 Å². The summed E-state index contributed by atoms with van der Waals surface area (Å²) in [7, 11) is -3.47. The van der Waals surface area contributed by atoms with Crippen LogP contribution in [0.25, 0.3) is 0 Å². The van der Waals surface area contributed by atoms with Crippen LogP contribution in [0.5, 0.6) is 0 Å². The number of nitrogens with one attached hydrogen (secondary N) is 1. The largest absolute Gasteiger partial charge is 0.240 e. The minimum absolute atomic E-state index is 0.0703. The van der Waals surface area contributed by atoms with E-state index in [4.69, 9.17) is 11.6 Å². The molecular weight excluding hydrogens is 318 g/mol. The SMILES string of the molecule is O=S(=O)(NCC1(Cc2ccccc2)CC1)c1ccc(Cl)cc1. The molecule has 5 heteroatoms. The molecule has 0 aliphatic heterocycles. The van der Waals surface area contributed by atoms with Crippen LogP contribution in [-0.2, 0) is 16.4 Å². The molecule has 22 heavy (non-hydrogen) atoms. The third kappa shape index (κ3) is 3.69. The van der Waals surface area contributed by atoms with Gasteiger partial charge in [0.05, 0.1) is 4.90 Å². The zero-order chi connectivity index (χ0) is 15.6. The second kappa shape index (κ2) is 6.03. The molecule has 0 unspecified atom stereocenters. The van der Waals surface area contributed by atoms with Crippen molar-refractivity contribution in [2.45, 2.75) is 24.2 Å². The lowest BCUT2D eigenvalue weighted by Crippen LogP contribution is -2.31. The number of hydrogen-bond donors (Lipinski definition) is 1. The maximum atomic E-state index is 12.3. The molecule has 0 bridgehead atoms. The summed E-state index contributed by atoms with van der Waals surface area (Å²) in [5.74, 6) is 0. The normalized spacial score (nSPS) is 16.4. The summed E-state index contributed by atoms with van der Waals surface area (Å²) in [6.45, 7) is 0.479. The van der Waals surface area contributed by atoms with E-state index in [1.165, 1.54) is 17.7 Å². The van der Waals surface area contributed by atoms with Crippen molar-refractivity contribution in [3.63, 3.8) is 0 Å². The highest BCUT2D eigenvalue weighted by Gasteiger charge is 2.43. The molecule has 0 atom stereocenters. The third-order valence-corrected chi connectivity index (χ3v) is 5.81. The molecule has 0 saturated heterocycles. The number of hydrogen-bond acceptors (Lipinski definition) is 2. The fourth-order valence-corrected chi connectivity index (χ4v) is 3.85. The molecule has 2 aromatic carbocycles. The predicted octanol–water partition coefficient (Wildman–Crippen LogP) is 3.64. The molecule has 2 aromatic rings. The molecule has 0 radical (unpaired) electrons. The lowest BCUT2D eigenvalue weighted by atomic mass is 9.97. The van der Waals surface area contributed by atoms with Crippen molar-refractivity contribution in [1.82, 2.24) is 4.72 Å². The van der Waals surface area contributed by atoms with Gasteiger partial charge >= 0.3 is 0 Å². The lowest BCUT2D eigenvalue weighted by molar-refractivity contribution is 0.488. The Labute approximate surface area is 136 Å². The summed E-state index contributed by atoms with van der Waals surface area (Å²) in [4.78, 5) is 0.257. The van der Waals surface area contributed by atoms with E-state index >= 15 is 0 Å². The molecule has 3 rings (SSSR count). The molecule has 1 aliphatic carbocycles. The van der Waals surface area contributed by atoms with Gasteiger partial charge in [-0.25, -0.2) is 13.1 Å². The number of sulfonamides is 1. The van der Waals surface area contributed by atoms with Gasteiger partial charge in [-0.15, -0.1) is 0 Å². The predicted molar refractivity (Wildman–Crippen MR) is 88.5 cm³/mol. The van der Waals surface area contributed by atoms with Crippen molar-refractivity contribution in [3.8, 4) is 0 Å². The van der Waals surface area contributed by atoms with Crippen molar-refractivity contribution in [2.75, 3.05) is 6.54 Å². The van der Waals surface area contributed by atoms with Gasteiger partial charge in [0.1, 0.15) is 0 Å². The van der Waals surface area contributed by atoms with Crippen LogP contribution in [0.4, 0.5) is 0 Å². The van der Waals surface area contributed by atoms with Gasteiger partial charge in [-0.1, -0.05) is 41.9 Å². The molecule has 1 fully saturated rings. The van der Waals surface area contributed by atoms with E-state index in [0.29, 0.717) is 11.6 Å². The Bertz CT molecular complexity index is 738. The average Bonchev–Trinajstić information content (AvgIpc) is 3.27. The molecule has 1 aliphatic rings. The molecule has 0 spiro atoms. The molecule has 1 N–H and O–H groups in total. The monoisotopic (exact) mass is 335 g/mol. The topological polar surface area (TPSA) is 46.2 Å². The first-order valence-electron chi connectivity index (χ1n) is 7.28. The summed E-state index contributed by atoms with van der Waals surface area (Å²) in [5.41, 5.74) is 1.33. The van der Waals surface area contributed by atoms with Crippen molar-refractivity contribution < 1.29 is 8.42 Å². The Morgan fingerprint density at radius 3 is 2.23 bits per heavy atom. The smallest absolute Gasteiger partial charge is 0.211 e. The van der Waals surface area contributed by atoms with Crippen LogP contribution < -0.4 is 4.72 Å². The first-order valence-corrected chi connectivity index (χ1v) is 9.15. The van der Waals surface area contributed by atoms with Crippen molar-refractivity contribution in [2.24, 2.45) is 5.41 Å². The highest BCUT2D eigenvalue weighted by atomic mass is 35.5. The Morgan fingerprint density at radius 2 is 1.64 bits per heavy atom. The van der Waals surface area contributed by atoms with Crippen LogP contribution >= 0.6 is 11.6 Å². The van der Waals surface area contributed by atoms with Crippen LogP contribution in [0.2, 0.25) is 5.02 Å². The molecule has 3 nitrogen and oxygen atoms in total. The molecule has 0 aromatic heterocycles. The van der Waals surface area contributed by atoms with E-state index in [1.807, 2.05) is 18.2 Å². The quantitative estimate of drug-likeness (QED) is 0.876. The Balaban J connectivity index is 1.65. The maximum absolute atomic E-state index is 12.3. The number of benzene rings is 2. The fraction of sp³-hybridized carbons (Fsp3) is 0.294. The van der Waals surface area contributed by atoms with Crippen LogP contribution in [0.3, 0.4) is 0 Å². The van der Waals surface area contributed by atoms with Crippen LogP contribution in [0, 0.1) is 5.41 Å². The van der Waals surface area contributed by atoms with E-state index in [2.05, 4.69) is 16.9 Å². The number of halogens is 1. The summed E-state index contributed by atoms with van der Waals surface area (Å²) in [5, 5.41) is 0.529. The Kier molecular flexibility index (Phi) is 4.26. The summed E-state index contributed by atoms with van der Waals surface area (Å²) >= 11 is 5.80. The van der Waals surface area contributed by atoms with Crippen molar-refractivity contribution in [1.29, 1.82) is 0 Å². The highest BCUT2D eigenvalue weighted by molar-refractivity contribution is 7.89. The third-order valence-electron chi connectivity index (χ3n) is 4.14. The van der Waals surface area contributed by atoms with E-state index < -0.39 is 10.0 Å². The van der Waals surface area contributed by atoms with Gasteiger partial charge in [-0.05, 0) is 54.5 Å². The molecule has 0 heterocycles. The van der Waals surface area contributed by atoms with E-state index in [9.17, 15) is 8.42 Å². The van der Waals surface area contributed by atoms with Crippen LogP contribution in [0.15, 0.2) is 59.5 Å². The van der Waals surface area contributed by atoms with E-state index in [0.717, 1.165) is 19.3 Å². The summed E-state index contributed by atoms with van der Waals surface area (Å²) in [6.07, 6.45) is 3.03. The van der Waals surface area contributed by atoms with Crippen LogP contribution in [-0.4, -0.2) is 15.0 Å². The second-order valence-corrected chi connectivity index (χ2v) is 8.14. The van der Waals surface area contributed by atoms with Gasteiger partial charge in [0.15, 0.2) is 0 Å². The standard InChI is InChI=1S/C17H18ClNO2S/c18-15-6-8-16(9-7-15)22(20,21)19-13-17(10-11-17)12-14-4-2-1-3-5-14/h1-9,19H,10-13H2. The van der Waals surface area contributed by atoms with E-state index in [1.54, 1.807) is 12.1 Å². The second-order valence-electron chi connectivity index (χ2n) is 5.94. The Hall–Kier alpha value is -1.36.